The van der Waals surface area contributed by atoms with Gasteiger partial charge in [-0.25, -0.2) is 0 Å². The molecule has 0 bridgehead atoms. The molecule has 844 valence electrons. The van der Waals surface area contributed by atoms with Gasteiger partial charge in [0.2, 0.25) is 0 Å². The number of benzene rings is 6. The molecule has 0 aromatic heterocycles. The number of hydrogen-bond donors (Lipinski definition) is 0. The number of para-hydroxylation sites is 4. The maximum atomic E-state index is 10.3. The first-order valence-corrected chi connectivity index (χ1v) is 38.6. The van der Waals surface area contributed by atoms with E-state index in [0.717, 1.165) is 0 Å². The van der Waals surface area contributed by atoms with Crippen LogP contribution in [0.1, 0.15) is 208 Å². The van der Waals surface area contributed by atoms with Crippen LogP contribution in [0.5, 0.6) is 23.0 Å². The van der Waals surface area contributed by atoms with Crippen molar-refractivity contribution in [1.29, 1.82) is 0 Å². The Kier molecular flexibility index (Phi) is 873. The normalized spacial score (nSPS) is 6.05. The van der Waals surface area contributed by atoms with Gasteiger partial charge in [0.15, 0.2) is 0 Å². The summed E-state index contributed by atoms with van der Waals surface area (Å²) < 4.78 is 0. The molecule has 0 N–H and O–H groups in total. The van der Waals surface area contributed by atoms with Crippen molar-refractivity contribution in [2.75, 3.05) is 159 Å². The molecular weight excluding hydrogens is 2480 g/mol. The Bertz CT molecular complexity index is 2100. The molecule has 0 saturated heterocycles. The van der Waals surface area contributed by atoms with Gasteiger partial charge < -0.3 is 237 Å². The fourth-order valence-corrected chi connectivity index (χ4v) is 3.20. The molecule has 0 unspecified atom stereocenters. The summed E-state index contributed by atoms with van der Waals surface area (Å²) in [6, 6.07) is 43.4. The van der Waals surface area contributed by atoms with Crippen LogP contribution in [0.25, 0.3) is 0 Å². The summed E-state index contributed by atoms with van der Waals surface area (Å²) in [6.45, 7) is 37.7. The molecule has 46 nitrogen and oxygen atoms in total. The zero-order valence-corrected chi connectivity index (χ0v) is 109. The second kappa shape index (κ2) is 404. The molecule has 0 spiro atoms. The van der Waals surface area contributed by atoms with Gasteiger partial charge in [-0.05, 0) is 22.3 Å². The fourth-order valence-electron chi connectivity index (χ4n) is 3.20. The molecule has 60 heteroatoms. The van der Waals surface area contributed by atoms with Crippen molar-refractivity contribution >= 4 is 23.9 Å². The molecule has 0 heterocycles. The molecule has 4 radical (unpaired) electrons. The molecule has 0 aliphatic rings. The van der Waals surface area contributed by atoms with Gasteiger partial charge in [-0.15, -0.1) is 182 Å². The minimum atomic E-state index is -1.13. The minimum absolute atomic E-state index is 0. The first kappa shape index (κ1) is 320. The predicted molar refractivity (Wildman–Crippen MR) is 434 cm³/mol. The summed E-state index contributed by atoms with van der Waals surface area (Å²) in [5, 5.41) is 296. The van der Waals surface area contributed by atoms with Crippen molar-refractivity contribution in [1.82, 2.24) is 0 Å². The van der Waals surface area contributed by atoms with Gasteiger partial charge in [-0.3, -0.25) is 0 Å². The van der Waals surface area contributed by atoms with Crippen LogP contribution < -0.4 is 163 Å². The van der Waals surface area contributed by atoms with Crippen LogP contribution in [0.4, 0.5) is 0 Å². The van der Waals surface area contributed by atoms with E-state index >= 15 is 0 Å². The molecule has 148 heavy (non-hydrogen) atoms. The molecule has 0 fully saturated rings. The third kappa shape index (κ3) is 624. The summed E-state index contributed by atoms with van der Waals surface area (Å²) in [7, 11) is 0. The second-order valence-corrected chi connectivity index (χ2v) is 16.4. The number of carboxylic acids is 4. The van der Waals surface area contributed by atoms with E-state index in [4.69, 9.17) is 123 Å². The van der Waals surface area contributed by atoms with E-state index in [2.05, 4.69) is 0 Å². The Morgan fingerprint density at radius 2 is 0.196 bits per heavy atom. The number of carboxylic acid groups (broad SMARTS) is 4. The maximum absolute atomic E-state index is 10.3. The quantitative estimate of drug-likeness (QED) is 0.148. The summed E-state index contributed by atoms with van der Waals surface area (Å²) >= 11 is 0. The van der Waals surface area contributed by atoms with Crippen molar-refractivity contribution in [3.05, 3.63) is 192 Å². The molecule has 6 rings (SSSR count). The summed E-state index contributed by atoms with van der Waals surface area (Å²) in [5.41, 5.74) is 0.880. The molecule has 6 aromatic carbocycles. The van der Waals surface area contributed by atoms with Crippen LogP contribution >= 0.6 is 0 Å². The summed E-state index contributed by atoms with van der Waals surface area (Å²) in [4.78, 5) is 40.4. The van der Waals surface area contributed by atoms with Crippen LogP contribution in [-0.2, 0) is 348 Å². The molecule has 0 aliphatic heterocycles. The maximum Gasteiger partial charge on any atom is 4.00 e. The van der Waals surface area contributed by atoms with Gasteiger partial charge in [-0.1, -0.05) is 336 Å². The number of carbonyl (C=O) groups excluding carboxylic acids is 4. The Labute approximate surface area is 1080 Å². The van der Waals surface area contributed by atoms with E-state index in [1.807, 2.05) is 0 Å². The van der Waals surface area contributed by atoms with E-state index in [1.165, 1.54) is 72.8 Å². The average molecular weight is 2630 g/mol. The van der Waals surface area contributed by atoms with Crippen LogP contribution in [0.3, 0.4) is 0 Å². The van der Waals surface area contributed by atoms with Crippen molar-refractivity contribution in [3.63, 3.8) is 0 Å². The van der Waals surface area contributed by atoms with Crippen LogP contribution in [0.2, 0.25) is 0 Å². The SMILES string of the molecule is CC[O-].CC[O-].CC[O-].CC[O-].CC[O-].CC[O-].CC[O-].CC[O-].CC[O-].CC[O-].CC[O-].CC[O-].CC[O-].CC[O-].CC[O-].CC[O-].CC[O-].CC[O-].CC[O-].CC[O-].CC[O-].CC[O-].CC[O-].CC[O-].O=C([O-])c1ccccc1.O=C([O-])c1ccccc1.O=C([O-])c1ccccc1.O=C([O-])c1ccccc1.[Ni+3].[Ni+3].[O-2].[O-2].[O-2].[O-2].[O-2].[O-2].[O-2].[O-2].[O-2].[O-2].[O-]c1ccccc1[O-].[O-]c1ccccc1[O-].[Ti+3].[Ti+3].[Ti+4].[Ti+4].[Ti+4].[Ti+4].[Ti+4].[Ti+4].[Ti+4].[Ti+4].[Ti+4].[Ti+4]. The topological polar surface area (TPSA) is 1090 Å². The van der Waals surface area contributed by atoms with Gasteiger partial charge in [0.05, 0.1) is 23.9 Å². The van der Waals surface area contributed by atoms with Crippen molar-refractivity contribution in [2.45, 2.75) is 166 Å². The zero-order chi connectivity index (χ0) is 104. The van der Waals surface area contributed by atoms with Crippen molar-refractivity contribution in [3.8, 4) is 23.0 Å². The van der Waals surface area contributed by atoms with E-state index in [1.54, 1.807) is 263 Å². The smallest absolute Gasteiger partial charge is 2.00 e. The average Bonchev–Trinajstić information content (AvgIpc) is 1.00. The van der Waals surface area contributed by atoms with Gasteiger partial charge in [0.1, 0.15) is 0 Å². The Morgan fingerprint density at radius 1 is 0.149 bits per heavy atom. The number of carbonyl (C=O) groups is 4. The summed E-state index contributed by atoms with van der Waals surface area (Å²) in [5.74, 6) is -6.27. The number of rotatable bonds is 4. The Balaban J connectivity index is -0.0000000153. The molecular formula is C88H148Ni2O46Ti12. The first-order chi connectivity index (χ1) is 58.8. The number of hydrogen-bond acceptors (Lipinski definition) is 36. The Hall–Kier alpha value is 0.598. The molecule has 0 saturated carbocycles. The van der Waals surface area contributed by atoms with E-state index in [9.17, 15) is 60.0 Å². The van der Waals surface area contributed by atoms with E-state index in [-0.39, 0.29) is 529 Å². The Morgan fingerprint density at radius 3 is 0.230 bits per heavy atom. The molecule has 0 atom stereocenters. The van der Waals surface area contributed by atoms with Crippen molar-refractivity contribution in [2.24, 2.45) is 0 Å². The van der Waals surface area contributed by atoms with Crippen molar-refractivity contribution < 1.29 is 531 Å². The van der Waals surface area contributed by atoms with Crippen LogP contribution in [0, 0.1) is 0 Å². The third-order valence-electron chi connectivity index (χ3n) is 5.74. The van der Waals surface area contributed by atoms with Crippen LogP contribution in [0.15, 0.2) is 170 Å². The van der Waals surface area contributed by atoms with Gasteiger partial charge in [-0.2, -0.15) is 0 Å². The third-order valence-corrected chi connectivity index (χ3v) is 5.74. The number of aromatic carboxylic acids is 4. The van der Waals surface area contributed by atoms with Gasteiger partial charge in [0, 0.05) is 0 Å². The van der Waals surface area contributed by atoms with E-state index in [0.29, 0.717) is 0 Å². The molecule has 0 amide bonds. The molecule has 0 aliphatic carbocycles. The zero-order valence-electron chi connectivity index (χ0n) is 88.5. The first-order valence-electron chi connectivity index (χ1n) is 38.6. The minimum Gasteiger partial charge on any atom is -2.00 e. The van der Waals surface area contributed by atoms with Gasteiger partial charge in [0.25, 0.3) is 0 Å². The monoisotopic (exact) mass is 2630 g/mol. The van der Waals surface area contributed by atoms with Crippen LogP contribution in [-0.4, -0.2) is 182 Å². The fraction of sp³-hybridized carbons (Fsp3) is 0.545. The molecule has 6 aromatic rings. The summed E-state index contributed by atoms with van der Waals surface area (Å²) in [6.07, 6.45) is 0. The van der Waals surface area contributed by atoms with Gasteiger partial charge >= 0.3 is 294 Å². The standard InChI is InChI=1S/4C7H6O2.2C6H6O2.24C2H5O.2Ni.10O.12Ti/c4*8-7(9)6-4-2-1-3-5-6;2*7-5-3-1-2-4-6(5)8;24*1-2-3;;;;;;;;;;;;;;;;;;;;;;;;/h4*1-5H,(H,8,9);2*1-4,7-8H;24*2H2,1H3;;;;;;;;;;;;;;;;;;;;;;;;/q;;;;;;24*-1;2*+3;10*-2;2*+3;10*+4/p-8. The largest absolute Gasteiger partial charge is 4.00 e. The second-order valence-electron chi connectivity index (χ2n) is 16.4. The van der Waals surface area contributed by atoms with E-state index < -0.39 is 46.9 Å². The predicted octanol–water partition coefficient (Wildman–Crippen LogP) is -16.6.